The summed E-state index contributed by atoms with van der Waals surface area (Å²) < 4.78 is 5.80. The van der Waals surface area contributed by atoms with Gasteiger partial charge in [-0.3, -0.25) is 4.79 Å². The Balaban J connectivity index is 1.16. The van der Waals surface area contributed by atoms with Gasteiger partial charge in [0, 0.05) is 44.1 Å². The lowest BCUT2D eigenvalue weighted by Crippen LogP contribution is -2.52. The zero-order chi connectivity index (χ0) is 24.2. The maximum atomic E-state index is 11.8. The SMILES string of the molecule is CC(=O)O[C@H]1CCC[C@@H]1C(c1ccccc1)C1CCN(CC2CN(c3ccc(C#N)cc3)C2)CC1. The molecular formula is C30H37N3O2. The maximum Gasteiger partial charge on any atom is 0.302 e. The number of nitrogens with zero attached hydrogens (tertiary/aromatic N) is 3. The first kappa shape index (κ1) is 23.9. The van der Waals surface area contributed by atoms with Gasteiger partial charge in [0.15, 0.2) is 0 Å². The fraction of sp³-hybridized carbons (Fsp3) is 0.533. The lowest BCUT2D eigenvalue weighted by atomic mass is 9.71. The highest BCUT2D eigenvalue weighted by Crippen LogP contribution is 2.46. The minimum absolute atomic E-state index is 0.0684. The number of ether oxygens (including phenoxy) is 1. The number of esters is 1. The fourth-order valence-electron chi connectivity index (χ4n) is 6.77. The molecule has 2 aromatic rings. The summed E-state index contributed by atoms with van der Waals surface area (Å²) in [6.07, 6.45) is 5.82. The Morgan fingerprint density at radius 1 is 1.03 bits per heavy atom. The van der Waals surface area contributed by atoms with E-state index in [1.807, 2.05) is 12.1 Å². The largest absolute Gasteiger partial charge is 0.462 e. The number of anilines is 1. The van der Waals surface area contributed by atoms with E-state index in [0.29, 0.717) is 17.8 Å². The smallest absolute Gasteiger partial charge is 0.302 e. The van der Waals surface area contributed by atoms with Crippen molar-refractivity contribution in [2.75, 3.05) is 37.6 Å². The van der Waals surface area contributed by atoms with Gasteiger partial charge in [0.25, 0.3) is 0 Å². The molecule has 5 heteroatoms. The van der Waals surface area contributed by atoms with Crippen molar-refractivity contribution in [2.24, 2.45) is 17.8 Å². The summed E-state index contributed by atoms with van der Waals surface area (Å²) in [5, 5.41) is 9.00. The number of nitriles is 1. The van der Waals surface area contributed by atoms with E-state index in [2.05, 4.69) is 58.3 Å². The van der Waals surface area contributed by atoms with Gasteiger partial charge in [-0.25, -0.2) is 0 Å². The summed E-state index contributed by atoms with van der Waals surface area (Å²) >= 11 is 0. The highest BCUT2D eigenvalue weighted by molar-refractivity contribution is 5.66. The second-order valence-corrected chi connectivity index (χ2v) is 10.7. The molecule has 0 aromatic heterocycles. The molecule has 1 aliphatic carbocycles. The van der Waals surface area contributed by atoms with E-state index >= 15 is 0 Å². The van der Waals surface area contributed by atoms with Crippen LogP contribution in [0.1, 0.15) is 56.1 Å². The van der Waals surface area contributed by atoms with Crippen LogP contribution in [0.5, 0.6) is 0 Å². The lowest BCUT2D eigenvalue weighted by Gasteiger charge is -2.45. The molecule has 0 radical (unpaired) electrons. The predicted molar refractivity (Wildman–Crippen MR) is 138 cm³/mol. The van der Waals surface area contributed by atoms with Crippen molar-refractivity contribution in [3.8, 4) is 6.07 Å². The molecule has 184 valence electrons. The number of likely N-dealkylation sites (tertiary alicyclic amines) is 1. The molecule has 0 N–H and O–H groups in total. The standard InChI is InChI=1S/C30H37N3O2/c1-22(34)35-29-9-5-8-28(29)30(25-6-3-2-4-7-25)26-14-16-32(17-15-26)19-24-20-33(21-24)27-12-10-23(18-31)11-13-27/h2-4,6-7,10-13,24,26,28-30H,5,8-9,14-17,19-21H2,1H3/t28-,29-,30?/m0/s1. The van der Waals surface area contributed by atoms with Crippen LogP contribution < -0.4 is 4.90 Å². The van der Waals surface area contributed by atoms with Gasteiger partial charge in [-0.1, -0.05) is 30.3 Å². The Morgan fingerprint density at radius 2 is 1.74 bits per heavy atom. The molecule has 2 aliphatic heterocycles. The van der Waals surface area contributed by atoms with Crippen LogP contribution in [0.15, 0.2) is 54.6 Å². The van der Waals surface area contributed by atoms with Crippen molar-refractivity contribution >= 4 is 11.7 Å². The summed E-state index contributed by atoms with van der Waals surface area (Å²) in [7, 11) is 0. The highest BCUT2D eigenvalue weighted by Gasteiger charge is 2.41. The summed E-state index contributed by atoms with van der Waals surface area (Å²) in [6.45, 7) is 7.25. The topological polar surface area (TPSA) is 56.6 Å². The minimum Gasteiger partial charge on any atom is -0.462 e. The Morgan fingerprint density at radius 3 is 2.40 bits per heavy atom. The van der Waals surface area contributed by atoms with E-state index in [9.17, 15) is 4.79 Å². The van der Waals surface area contributed by atoms with Crippen LogP contribution in [0.3, 0.4) is 0 Å². The predicted octanol–water partition coefficient (Wildman–Crippen LogP) is 5.22. The van der Waals surface area contributed by atoms with E-state index in [-0.39, 0.29) is 12.1 Å². The molecule has 2 saturated heterocycles. The Kier molecular flexibility index (Phi) is 7.39. The van der Waals surface area contributed by atoms with Crippen molar-refractivity contribution in [2.45, 2.75) is 51.0 Å². The van der Waals surface area contributed by atoms with E-state index < -0.39 is 0 Å². The van der Waals surface area contributed by atoms with Crippen molar-refractivity contribution in [1.82, 2.24) is 4.90 Å². The van der Waals surface area contributed by atoms with Crippen LogP contribution in [0, 0.1) is 29.1 Å². The first-order chi connectivity index (χ1) is 17.1. The molecule has 1 saturated carbocycles. The molecule has 3 aliphatic rings. The zero-order valence-electron chi connectivity index (χ0n) is 20.8. The molecule has 2 aromatic carbocycles. The van der Waals surface area contributed by atoms with E-state index in [0.717, 1.165) is 56.9 Å². The molecule has 0 amide bonds. The normalized spacial score (nSPS) is 24.5. The van der Waals surface area contributed by atoms with Crippen LogP contribution in [0.4, 0.5) is 5.69 Å². The Hall–Kier alpha value is -2.84. The summed E-state index contributed by atoms with van der Waals surface area (Å²) in [4.78, 5) is 16.8. The molecule has 2 heterocycles. The number of piperidine rings is 1. The first-order valence-corrected chi connectivity index (χ1v) is 13.3. The average molecular weight is 472 g/mol. The van der Waals surface area contributed by atoms with E-state index in [1.54, 1.807) is 6.92 Å². The third-order valence-corrected chi connectivity index (χ3v) is 8.44. The third-order valence-electron chi connectivity index (χ3n) is 8.44. The van der Waals surface area contributed by atoms with Gasteiger partial charge in [0.1, 0.15) is 6.10 Å². The monoisotopic (exact) mass is 471 g/mol. The number of rotatable bonds is 7. The van der Waals surface area contributed by atoms with Crippen LogP contribution in [0.2, 0.25) is 0 Å². The third kappa shape index (κ3) is 5.54. The van der Waals surface area contributed by atoms with Gasteiger partial charge in [-0.05, 0) is 86.9 Å². The summed E-state index contributed by atoms with van der Waals surface area (Å²) in [5.74, 6) is 2.13. The van der Waals surface area contributed by atoms with Gasteiger partial charge >= 0.3 is 5.97 Å². The van der Waals surface area contributed by atoms with Crippen LogP contribution in [-0.4, -0.2) is 49.7 Å². The summed E-state index contributed by atoms with van der Waals surface area (Å²) in [6, 6.07) is 21.1. The number of hydrogen-bond donors (Lipinski definition) is 0. The molecule has 35 heavy (non-hydrogen) atoms. The first-order valence-electron chi connectivity index (χ1n) is 13.3. The Bertz CT molecular complexity index is 1020. The molecule has 0 spiro atoms. The second kappa shape index (κ2) is 10.8. The number of benzene rings is 2. The Labute approximate surface area is 209 Å². The van der Waals surface area contributed by atoms with Crippen molar-refractivity contribution in [3.63, 3.8) is 0 Å². The molecule has 0 bridgehead atoms. The molecule has 5 nitrogen and oxygen atoms in total. The average Bonchev–Trinajstić information content (AvgIpc) is 3.30. The van der Waals surface area contributed by atoms with Gasteiger partial charge in [0.05, 0.1) is 11.6 Å². The molecule has 3 atom stereocenters. The number of carbonyl (C=O) groups is 1. The van der Waals surface area contributed by atoms with Crippen LogP contribution in [0.25, 0.3) is 0 Å². The highest BCUT2D eigenvalue weighted by atomic mass is 16.5. The maximum absolute atomic E-state index is 11.8. The molecule has 5 rings (SSSR count). The number of carbonyl (C=O) groups excluding carboxylic acids is 1. The summed E-state index contributed by atoms with van der Waals surface area (Å²) in [5.41, 5.74) is 3.37. The minimum atomic E-state index is -0.140. The molecule has 3 fully saturated rings. The number of hydrogen-bond acceptors (Lipinski definition) is 5. The zero-order valence-corrected chi connectivity index (χ0v) is 20.8. The van der Waals surface area contributed by atoms with Crippen molar-refractivity contribution in [1.29, 1.82) is 5.26 Å². The van der Waals surface area contributed by atoms with E-state index in [4.69, 9.17) is 10.00 Å². The molecular weight excluding hydrogens is 434 g/mol. The van der Waals surface area contributed by atoms with Crippen LogP contribution in [-0.2, 0) is 9.53 Å². The van der Waals surface area contributed by atoms with Crippen molar-refractivity contribution in [3.05, 3.63) is 65.7 Å². The quantitative estimate of drug-likeness (QED) is 0.518. The van der Waals surface area contributed by atoms with Gasteiger partial charge in [0.2, 0.25) is 0 Å². The second-order valence-electron chi connectivity index (χ2n) is 10.7. The van der Waals surface area contributed by atoms with Gasteiger partial charge in [-0.2, -0.15) is 5.26 Å². The fourth-order valence-corrected chi connectivity index (χ4v) is 6.77. The van der Waals surface area contributed by atoms with Gasteiger partial charge < -0.3 is 14.5 Å². The van der Waals surface area contributed by atoms with E-state index in [1.165, 1.54) is 30.6 Å². The lowest BCUT2D eigenvalue weighted by molar-refractivity contribution is -0.148. The van der Waals surface area contributed by atoms with Gasteiger partial charge in [-0.15, -0.1) is 0 Å². The van der Waals surface area contributed by atoms with Crippen LogP contribution >= 0.6 is 0 Å². The molecule has 1 unspecified atom stereocenters. The van der Waals surface area contributed by atoms with Crippen molar-refractivity contribution < 1.29 is 9.53 Å².